The molecule has 0 amide bonds. The third-order valence-electron chi connectivity index (χ3n) is 4.64. The average molecular weight is 425 g/mol. The molecule has 8 atom stereocenters. The van der Waals surface area contributed by atoms with Crippen LogP contribution in [0.3, 0.4) is 0 Å². The molecule has 170 valence electrons. The summed E-state index contributed by atoms with van der Waals surface area (Å²) in [5.41, 5.74) is 5.27. The van der Waals surface area contributed by atoms with E-state index < -0.39 is 61.8 Å². The summed E-state index contributed by atoms with van der Waals surface area (Å²) in [6.45, 7) is 0.0865. The predicted molar refractivity (Wildman–Crippen MR) is 94.2 cm³/mol. The largest absolute Gasteiger partial charge is 0.463 e. The Bertz CT molecular complexity index is 496. The van der Waals surface area contributed by atoms with Crippen molar-refractivity contribution in [3.05, 3.63) is 0 Å². The predicted octanol–water partition coefficient (Wildman–Crippen LogP) is -3.42. The summed E-state index contributed by atoms with van der Waals surface area (Å²) in [5, 5.41) is 49.1. The van der Waals surface area contributed by atoms with Crippen LogP contribution in [0.1, 0.15) is 19.3 Å². The number of hydrogen-bond acceptors (Lipinski definition) is 12. The van der Waals surface area contributed by atoms with Gasteiger partial charge >= 0.3 is 5.97 Å². The van der Waals surface area contributed by atoms with Crippen LogP contribution in [0, 0.1) is 0 Å². The molecular formula is C17H31NO11. The highest BCUT2D eigenvalue weighted by Gasteiger charge is 2.43. The number of carbonyl (C=O) groups is 1. The number of rotatable bonds is 10. The second-order valence-electron chi connectivity index (χ2n) is 6.98. The smallest absolute Gasteiger partial charge is 0.308 e. The van der Waals surface area contributed by atoms with Gasteiger partial charge in [0.2, 0.25) is 0 Å². The van der Waals surface area contributed by atoms with Crippen LogP contribution in [0.5, 0.6) is 0 Å². The fraction of sp³-hybridized carbons (Fsp3) is 0.941. The maximum atomic E-state index is 11.7. The van der Waals surface area contributed by atoms with E-state index in [1.807, 2.05) is 0 Å². The molecule has 0 saturated carbocycles. The van der Waals surface area contributed by atoms with Gasteiger partial charge in [0.15, 0.2) is 12.6 Å². The molecule has 12 heteroatoms. The van der Waals surface area contributed by atoms with Crippen molar-refractivity contribution in [3.63, 3.8) is 0 Å². The van der Waals surface area contributed by atoms with Crippen LogP contribution in [0.15, 0.2) is 0 Å². The summed E-state index contributed by atoms with van der Waals surface area (Å²) >= 11 is 0. The number of aliphatic hydroxyl groups excluding tert-OH is 5. The van der Waals surface area contributed by atoms with Crippen LogP contribution in [0.2, 0.25) is 0 Å². The fourth-order valence-corrected chi connectivity index (χ4v) is 3.01. The minimum Gasteiger partial charge on any atom is -0.463 e. The average Bonchev–Trinajstić information content (AvgIpc) is 2.68. The second-order valence-corrected chi connectivity index (χ2v) is 6.98. The molecule has 12 nitrogen and oxygen atoms in total. The van der Waals surface area contributed by atoms with Gasteiger partial charge in [-0.1, -0.05) is 0 Å². The quantitative estimate of drug-likeness (QED) is 0.150. The molecule has 0 aromatic carbocycles. The van der Waals surface area contributed by atoms with Crippen molar-refractivity contribution in [2.75, 3.05) is 33.0 Å². The van der Waals surface area contributed by atoms with Crippen LogP contribution in [0.25, 0.3) is 0 Å². The molecule has 7 N–H and O–H groups in total. The van der Waals surface area contributed by atoms with Crippen molar-refractivity contribution in [3.8, 4) is 0 Å². The van der Waals surface area contributed by atoms with E-state index in [-0.39, 0.29) is 32.5 Å². The molecule has 0 radical (unpaired) electrons. The van der Waals surface area contributed by atoms with Crippen molar-refractivity contribution >= 4 is 5.97 Å². The lowest BCUT2D eigenvalue weighted by atomic mass is 10.0. The van der Waals surface area contributed by atoms with E-state index in [2.05, 4.69) is 0 Å². The van der Waals surface area contributed by atoms with Crippen LogP contribution in [-0.4, -0.2) is 114 Å². The molecular weight excluding hydrogens is 394 g/mol. The molecule has 29 heavy (non-hydrogen) atoms. The Balaban J connectivity index is 1.83. The van der Waals surface area contributed by atoms with Gasteiger partial charge in [-0.2, -0.15) is 0 Å². The molecule has 0 unspecified atom stereocenters. The zero-order valence-electron chi connectivity index (χ0n) is 16.0. The van der Waals surface area contributed by atoms with Crippen molar-refractivity contribution in [1.29, 1.82) is 0 Å². The molecule has 0 spiro atoms. The molecule has 2 aliphatic rings. The molecule has 0 aromatic rings. The zero-order chi connectivity index (χ0) is 21.4. The van der Waals surface area contributed by atoms with Crippen LogP contribution in [-0.2, 0) is 28.5 Å². The van der Waals surface area contributed by atoms with Crippen LogP contribution in [0.4, 0.5) is 0 Å². The molecule has 0 aliphatic carbocycles. The topological polar surface area (TPSA) is 190 Å². The van der Waals surface area contributed by atoms with Gasteiger partial charge in [-0.05, 0) is 0 Å². The lowest BCUT2D eigenvalue weighted by Crippen LogP contribution is -2.55. The summed E-state index contributed by atoms with van der Waals surface area (Å²) in [4.78, 5) is 11.7. The van der Waals surface area contributed by atoms with Crippen molar-refractivity contribution in [2.24, 2.45) is 5.73 Å². The van der Waals surface area contributed by atoms with Gasteiger partial charge in [-0.25, -0.2) is 0 Å². The van der Waals surface area contributed by atoms with Gasteiger partial charge < -0.3 is 55.0 Å². The van der Waals surface area contributed by atoms with Crippen molar-refractivity contribution < 1.29 is 54.0 Å². The SMILES string of the molecule is NCCOCCC(=O)OC[C@H]1O[C@H](O[C@H]2O[C@H](CO)[C@@H](O)C[C@H]2O)[C@H](O)C[C@@H]1O. The molecule has 2 rings (SSSR count). The van der Waals surface area contributed by atoms with Gasteiger partial charge in [-0.3, -0.25) is 4.79 Å². The first-order valence-corrected chi connectivity index (χ1v) is 9.58. The molecule has 2 saturated heterocycles. The van der Waals surface area contributed by atoms with E-state index in [0.29, 0.717) is 13.2 Å². The highest BCUT2D eigenvalue weighted by molar-refractivity contribution is 5.69. The first-order chi connectivity index (χ1) is 13.8. The molecule has 0 aromatic heterocycles. The van der Waals surface area contributed by atoms with Gasteiger partial charge in [0.1, 0.15) is 31.0 Å². The van der Waals surface area contributed by atoms with Crippen LogP contribution < -0.4 is 5.73 Å². The minimum absolute atomic E-state index is 0.0123. The van der Waals surface area contributed by atoms with E-state index in [9.17, 15) is 30.3 Å². The number of esters is 1. The molecule has 2 heterocycles. The Hall–Kier alpha value is -0.930. The lowest BCUT2D eigenvalue weighted by Gasteiger charge is -2.41. The standard InChI is InChI=1S/C17H31NO11/c18-2-4-25-3-1-15(24)26-8-14-10(21)6-12(23)17(28-14)29-16-11(22)5-9(20)13(7-19)27-16/h9-14,16-17,19-23H,1-8,18H2/t9-,10-,11+,12+,13+,14+,16+,17+/m0/s1. The van der Waals surface area contributed by atoms with Gasteiger partial charge in [0.05, 0.1) is 38.4 Å². The minimum atomic E-state index is -1.27. The maximum absolute atomic E-state index is 11.7. The lowest BCUT2D eigenvalue weighted by molar-refractivity contribution is -0.354. The van der Waals surface area contributed by atoms with Crippen molar-refractivity contribution in [1.82, 2.24) is 0 Å². The molecule has 0 bridgehead atoms. The third kappa shape index (κ3) is 7.36. The van der Waals surface area contributed by atoms with E-state index in [0.717, 1.165) is 0 Å². The fourth-order valence-electron chi connectivity index (χ4n) is 3.01. The number of hydrogen-bond donors (Lipinski definition) is 6. The molecule has 2 aliphatic heterocycles. The maximum Gasteiger partial charge on any atom is 0.308 e. The van der Waals surface area contributed by atoms with E-state index in [1.165, 1.54) is 0 Å². The number of ether oxygens (including phenoxy) is 5. The normalized spacial score (nSPS) is 38.0. The second kappa shape index (κ2) is 12.1. The highest BCUT2D eigenvalue weighted by Crippen LogP contribution is 2.27. The van der Waals surface area contributed by atoms with Crippen molar-refractivity contribution in [2.45, 2.75) is 68.5 Å². The summed E-state index contributed by atoms with van der Waals surface area (Å²) in [6.07, 6.45) is -9.22. The van der Waals surface area contributed by atoms with Gasteiger partial charge in [-0.15, -0.1) is 0 Å². The summed E-state index contributed by atoms with van der Waals surface area (Å²) in [7, 11) is 0. The molecule has 2 fully saturated rings. The Morgan fingerprint density at radius 1 is 0.931 bits per heavy atom. The first-order valence-electron chi connectivity index (χ1n) is 9.58. The summed E-state index contributed by atoms with van der Waals surface area (Å²) in [6, 6.07) is 0. The van der Waals surface area contributed by atoms with Gasteiger partial charge in [0, 0.05) is 19.4 Å². The van der Waals surface area contributed by atoms with Gasteiger partial charge in [0.25, 0.3) is 0 Å². The highest BCUT2D eigenvalue weighted by atomic mass is 16.8. The zero-order valence-corrected chi connectivity index (χ0v) is 16.0. The Labute approximate surface area is 168 Å². The monoisotopic (exact) mass is 425 g/mol. The summed E-state index contributed by atoms with van der Waals surface area (Å²) in [5.74, 6) is -0.549. The van der Waals surface area contributed by atoms with E-state index in [1.54, 1.807) is 0 Å². The Kier molecular flexibility index (Phi) is 10.1. The first kappa shape index (κ1) is 24.3. The number of carbonyl (C=O) groups excluding carboxylic acids is 1. The van der Waals surface area contributed by atoms with Crippen LogP contribution >= 0.6 is 0 Å². The number of aliphatic hydroxyl groups is 5. The third-order valence-corrected chi connectivity index (χ3v) is 4.64. The number of nitrogens with two attached hydrogens (primary N) is 1. The Morgan fingerprint density at radius 3 is 2.10 bits per heavy atom. The summed E-state index contributed by atoms with van der Waals surface area (Å²) < 4.78 is 26.4. The Morgan fingerprint density at radius 2 is 1.52 bits per heavy atom. The van der Waals surface area contributed by atoms with E-state index in [4.69, 9.17) is 29.4 Å². The van der Waals surface area contributed by atoms with E-state index >= 15 is 0 Å².